The molecule has 2 aromatic rings. The molecule has 8 heteroatoms. The summed E-state index contributed by atoms with van der Waals surface area (Å²) in [6.45, 7) is 6.67. The molecule has 0 aromatic heterocycles. The third-order valence-electron chi connectivity index (χ3n) is 4.92. The number of carbonyl (C=O) groups excluding carboxylic acids is 1. The first-order chi connectivity index (χ1) is 14.8. The van der Waals surface area contributed by atoms with E-state index in [0.717, 1.165) is 16.8 Å². The quantitative estimate of drug-likeness (QED) is 0.781. The summed E-state index contributed by atoms with van der Waals surface area (Å²) < 4.78 is 24.1. The van der Waals surface area contributed by atoms with Crippen molar-refractivity contribution < 1.29 is 23.5 Å². The number of fused-ring (bicyclic) bond motifs is 1. The Morgan fingerprint density at radius 3 is 2.65 bits per heavy atom. The van der Waals surface area contributed by atoms with Gasteiger partial charge in [-0.3, -0.25) is 0 Å². The number of hydrogen-bond donors (Lipinski definition) is 1. The average Bonchev–Trinajstić information content (AvgIpc) is 3.36. The lowest BCUT2D eigenvalue weighted by Crippen LogP contribution is -2.50. The van der Waals surface area contributed by atoms with Crippen molar-refractivity contribution in [2.45, 2.75) is 45.4 Å². The molecule has 0 saturated carbocycles. The van der Waals surface area contributed by atoms with Crippen LogP contribution < -0.4 is 14.8 Å². The minimum Gasteiger partial charge on any atom is -0.454 e. The van der Waals surface area contributed by atoms with Crippen LogP contribution in [-0.2, 0) is 11.4 Å². The molecule has 164 valence electrons. The standard InChI is InChI=1S/C23H26FN3O4/c1-23(2,3)25-22(28)27(12-15-4-7-17(24)8-5-15)13-18-11-19(26-31-18)16-6-9-20-21(10-16)30-14-29-20/h4-10,18H,11-14H2,1-3H3,(H,25,28)/t18-/m1/s1. The highest BCUT2D eigenvalue weighted by Crippen LogP contribution is 2.33. The summed E-state index contributed by atoms with van der Waals surface area (Å²) in [4.78, 5) is 20.2. The number of benzene rings is 2. The predicted molar refractivity (Wildman–Crippen MR) is 114 cm³/mol. The van der Waals surface area contributed by atoms with Crippen molar-refractivity contribution in [1.29, 1.82) is 0 Å². The van der Waals surface area contributed by atoms with Gasteiger partial charge in [0.15, 0.2) is 17.6 Å². The van der Waals surface area contributed by atoms with E-state index >= 15 is 0 Å². The van der Waals surface area contributed by atoms with Crippen molar-refractivity contribution >= 4 is 11.7 Å². The number of halogens is 1. The topological polar surface area (TPSA) is 72.4 Å². The van der Waals surface area contributed by atoms with E-state index in [2.05, 4.69) is 10.5 Å². The zero-order chi connectivity index (χ0) is 22.0. The van der Waals surface area contributed by atoms with Crippen molar-refractivity contribution in [3.05, 3.63) is 59.4 Å². The number of carbonyl (C=O) groups is 1. The van der Waals surface area contributed by atoms with Crippen LogP contribution in [0, 0.1) is 5.82 Å². The summed E-state index contributed by atoms with van der Waals surface area (Å²) in [6, 6.07) is 11.6. The Hall–Kier alpha value is -3.29. The molecule has 4 rings (SSSR count). The molecule has 31 heavy (non-hydrogen) atoms. The summed E-state index contributed by atoms with van der Waals surface area (Å²) in [5.41, 5.74) is 2.14. The Morgan fingerprint density at radius 1 is 1.16 bits per heavy atom. The van der Waals surface area contributed by atoms with Gasteiger partial charge in [0.25, 0.3) is 0 Å². The Labute approximate surface area is 180 Å². The van der Waals surface area contributed by atoms with E-state index in [-0.39, 0.29) is 30.3 Å². The fourth-order valence-corrected chi connectivity index (χ4v) is 3.45. The van der Waals surface area contributed by atoms with Crippen LogP contribution in [0.1, 0.15) is 38.3 Å². The van der Waals surface area contributed by atoms with Crippen molar-refractivity contribution in [2.75, 3.05) is 13.3 Å². The maximum atomic E-state index is 13.3. The molecule has 1 N–H and O–H groups in total. The monoisotopic (exact) mass is 427 g/mol. The van der Waals surface area contributed by atoms with E-state index < -0.39 is 0 Å². The van der Waals surface area contributed by atoms with Gasteiger partial charge < -0.3 is 24.5 Å². The van der Waals surface area contributed by atoms with E-state index in [1.807, 2.05) is 39.0 Å². The molecule has 0 spiro atoms. The van der Waals surface area contributed by atoms with Gasteiger partial charge in [0.05, 0.1) is 12.3 Å². The highest BCUT2D eigenvalue weighted by atomic mass is 19.1. The van der Waals surface area contributed by atoms with Crippen LogP contribution in [0.25, 0.3) is 0 Å². The molecule has 0 radical (unpaired) electrons. The first-order valence-corrected chi connectivity index (χ1v) is 10.2. The largest absolute Gasteiger partial charge is 0.454 e. The van der Waals surface area contributed by atoms with Crippen molar-refractivity contribution in [3.63, 3.8) is 0 Å². The van der Waals surface area contributed by atoms with Crippen LogP contribution in [0.2, 0.25) is 0 Å². The van der Waals surface area contributed by atoms with Crippen LogP contribution >= 0.6 is 0 Å². The maximum absolute atomic E-state index is 13.3. The molecule has 2 aromatic carbocycles. The number of nitrogens with zero attached hydrogens (tertiary/aromatic N) is 2. The zero-order valence-electron chi connectivity index (χ0n) is 17.9. The second-order valence-corrected chi connectivity index (χ2v) is 8.72. The third-order valence-corrected chi connectivity index (χ3v) is 4.92. The molecule has 0 bridgehead atoms. The van der Waals surface area contributed by atoms with Gasteiger partial charge in [0, 0.05) is 24.1 Å². The minimum atomic E-state index is -0.386. The fourth-order valence-electron chi connectivity index (χ4n) is 3.45. The summed E-state index contributed by atoms with van der Waals surface area (Å²) in [5, 5.41) is 7.22. The molecule has 0 aliphatic carbocycles. The molecule has 2 amide bonds. The molecule has 2 heterocycles. The molecular formula is C23H26FN3O4. The molecule has 0 unspecified atom stereocenters. The van der Waals surface area contributed by atoms with Crippen LogP contribution in [0.4, 0.5) is 9.18 Å². The highest BCUT2D eigenvalue weighted by molar-refractivity contribution is 6.01. The van der Waals surface area contributed by atoms with Gasteiger partial charge >= 0.3 is 6.03 Å². The van der Waals surface area contributed by atoms with E-state index in [9.17, 15) is 9.18 Å². The lowest BCUT2D eigenvalue weighted by molar-refractivity contribution is 0.0580. The summed E-state index contributed by atoms with van der Waals surface area (Å²) in [5.74, 6) is 1.09. The van der Waals surface area contributed by atoms with E-state index in [1.54, 1.807) is 17.0 Å². The van der Waals surface area contributed by atoms with Crippen LogP contribution in [0.5, 0.6) is 11.5 Å². The number of amides is 2. The predicted octanol–water partition coefficient (Wildman–Crippen LogP) is 4.06. The summed E-state index contributed by atoms with van der Waals surface area (Å²) in [7, 11) is 0. The number of nitrogens with one attached hydrogen (secondary N) is 1. The highest BCUT2D eigenvalue weighted by Gasteiger charge is 2.29. The Kier molecular flexibility index (Phi) is 5.71. The molecule has 2 aliphatic rings. The van der Waals surface area contributed by atoms with E-state index in [1.165, 1.54) is 12.1 Å². The minimum absolute atomic E-state index is 0.211. The lowest BCUT2D eigenvalue weighted by atomic mass is 10.0. The molecular weight excluding hydrogens is 401 g/mol. The number of hydrogen-bond acceptors (Lipinski definition) is 5. The molecule has 7 nitrogen and oxygen atoms in total. The van der Waals surface area contributed by atoms with Crippen molar-refractivity contribution in [3.8, 4) is 11.5 Å². The zero-order valence-corrected chi connectivity index (χ0v) is 17.9. The van der Waals surface area contributed by atoms with E-state index in [4.69, 9.17) is 14.3 Å². The van der Waals surface area contributed by atoms with Gasteiger partial charge in [0.1, 0.15) is 5.82 Å². The number of urea groups is 1. The first kappa shape index (κ1) is 21.0. The number of oxime groups is 1. The second kappa shape index (κ2) is 8.45. The summed E-state index contributed by atoms with van der Waals surface area (Å²) >= 11 is 0. The molecule has 0 fully saturated rings. The molecule has 1 atom stereocenters. The van der Waals surface area contributed by atoms with Gasteiger partial charge in [-0.05, 0) is 56.7 Å². The average molecular weight is 427 g/mol. The molecule has 2 aliphatic heterocycles. The smallest absolute Gasteiger partial charge is 0.318 e. The first-order valence-electron chi connectivity index (χ1n) is 10.2. The van der Waals surface area contributed by atoms with Gasteiger partial charge in [-0.15, -0.1) is 0 Å². The van der Waals surface area contributed by atoms with Crippen molar-refractivity contribution in [2.24, 2.45) is 5.16 Å². The number of ether oxygens (including phenoxy) is 2. The van der Waals surface area contributed by atoms with Crippen LogP contribution in [0.3, 0.4) is 0 Å². The maximum Gasteiger partial charge on any atom is 0.318 e. The Morgan fingerprint density at radius 2 is 1.90 bits per heavy atom. The van der Waals surface area contributed by atoms with Gasteiger partial charge in [-0.2, -0.15) is 0 Å². The fraction of sp³-hybridized carbons (Fsp3) is 0.391. The molecule has 0 saturated heterocycles. The van der Waals surface area contributed by atoms with Crippen molar-refractivity contribution in [1.82, 2.24) is 10.2 Å². The van der Waals surface area contributed by atoms with Gasteiger partial charge in [-0.25, -0.2) is 9.18 Å². The van der Waals surface area contributed by atoms with Gasteiger partial charge in [0.2, 0.25) is 6.79 Å². The Bertz CT molecular complexity index is 985. The summed E-state index contributed by atoms with van der Waals surface area (Å²) in [6.07, 6.45) is 0.272. The second-order valence-electron chi connectivity index (χ2n) is 8.72. The third kappa shape index (κ3) is 5.25. The van der Waals surface area contributed by atoms with E-state index in [0.29, 0.717) is 31.0 Å². The van der Waals surface area contributed by atoms with Gasteiger partial charge in [-0.1, -0.05) is 17.3 Å². The SMILES string of the molecule is CC(C)(C)NC(=O)N(Cc1ccc(F)cc1)C[C@H]1CC(c2ccc3c(c2)OCO3)=NO1. The Balaban J connectivity index is 1.44. The lowest BCUT2D eigenvalue weighted by Gasteiger charge is -2.29. The normalized spacial score (nSPS) is 17.2. The van der Waals surface area contributed by atoms with Crippen LogP contribution in [-0.4, -0.2) is 41.6 Å². The van der Waals surface area contributed by atoms with Crippen LogP contribution in [0.15, 0.2) is 47.6 Å². The number of rotatable bonds is 5.